The summed E-state index contributed by atoms with van der Waals surface area (Å²) >= 11 is 18.2. The monoisotopic (exact) mass is 435 g/mol. The van der Waals surface area contributed by atoms with E-state index in [0.717, 1.165) is 0 Å². The molecule has 0 saturated carbocycles. The molecule has 1 amide bonds. The number of halogens is 3. The molecule has 0 atom stereocenters. The van der Waals surface area contributed by atoms with E-state index >= 15 is 0 Å². The summed E-state index contributed by atoms with van der Waals surface area (Å²) in [7, 11) is 0. The van der Waals surface area contributed by atoms with E-state index in [1.54, 1.807) is 30.3 Å². The Hall–Kier alpha value is -2.73. The minimum atomic E-state index is -1.12. The lowest BCUT2D eigenvalue weighted by atomic mass is 10.2. The van der Waals surface area contributed by atoms with E-state index in [-0.39, 0.29) is 16.3 Å². The zero-order valence-electron chi connectivity index (χ0n) is 14.1. The van der Waals surface area contributed by atoms with Gasteiger partial charge in [0.05, 0.1) is 26.3 Å². The molecule has 8 heteroatoms. The highest BCUT2D eigenvalue weighted by molar-refractivity contribution is 6.43. The Bertz CT molecular complexity index is 1090. The fourth-order valence-electron chi connectivity index (χ4n) is 2.37. The average Bonchev–Trinajstić information content (AvgIpc) is 3.12. The van der Waals surface area contributed by atoms with E-state index in [9.17, 15) is 9.59 Å². The molecule has 1 aromatic heterocycles. The standard InChI is InChI=1S/C20H12Cl3NO4/c21-14-7-4-11(20(26)27)10-16(14)24-18(25)9-6-12-5-8-17(28-12)13-2-1-3-15(22)19(13)23/h1-10H,(H,24,25)(H,26,27)/b9-6+. The first kappa shape index (κ1) is 20.0. The van der Waals surface area contributed by atoms with Crippen molar-refractivity contribution in [2.75, 3.05) is 5.32 Å². The maximum Gasteiger partial charge on any atom is 0.335 e. The Balaban J connectivity index is 1.74. The summed E-state index contributed by atoms with van der Waals surface area (Å²) in [6, 6.07) is 12.6. The number of carbonyl (C=O) groups is 2. The lowest BCUT2D eigenvalue weighted by Gasteiger charge is -2.06. The Labute approximate surface area is 175 Å². The molecule has 0 bridgehead atoms. The third-order valence-corrected chi connectivity index (χ3v) is 4.86. The number of hydrogen-bond acceptors (Lipinski definition) is 3. The van der Waals surface area contributed by atoms with Gasteiger partial charge in [-0.15, -0.1) is 0 Å². The van der Waals surface area contributed by atoms with Gasteiger partial charge in [-0.1, -0.05) is 40.9 Å². The number of hydrogen-bond donors (Lipinski definition) is 2. The molecule has 0 fully saturated rings. The van der Waals surface area contributed by atoms with E-state index in [2.05, 4.69) is 5.32 Å². The first-order valence-corrected chi connectivity index (χ1v) is 9.04. The summed E-state index contributed by atoms with van der Waals surface area (Å²) in [5.41, 5.74) is 0.843. The molecule has 3 aromatic rings. The van der Waals surface area contributed by atoms with Crippen LogP contribution in [0.25, 0.3) is 17.4 Å². The van der Waals surface area contributed by atoms with Gasteiger partial charge in [-0.25, -0.2) is 4.79 Å². The quantitative estimate of drug-likeness (QED) is 0.463. The topological polar surface area (TPSA) is 79.5 Å². The number of aromatic carboxylic acids is 1. The van der Waals surface area contributed by atoms with Gasteiger partial charge in [-0.05, 0) is 48.5 Å². The number of furan rings is 1. The summed E-state index contributed by atoms with van der Waals surface area (Å²) in [4.78, 5) is 23.1. The van der Waals surface area contributed by atoms with Gasteiger partial charge in [0.1, 0.15) is 11.5 Å². The van der Waals surface area contributed by atoms with Gasteiger partial charge < -0.3 is 14.8 Å². The molecular weight excluding hydrogens is 425 g/mol. The molecule has 0 saturated heterocycles. The zero-order valence-corrected chi connectivity index (χ0v) is 16.3. The van der Waals surface area contributed by atoms with Crippen molar-refractivity contribution < 1.29 is 19.1 Å². The highest BCUT2D eigenvalue weighted by Crippen LogP contribution is 2.34. The van der Waals surface area contributed by atoms with Crippen molar-refractivity contribution >= 4 is 58.4 Å². The van der Waals surface area contributed by atoms with E-state index in [1.165, 1.54) is 30.4 Å². The van der Waals surface area contributed by atoms with E-state index in [1.807, 2.05) is 0 Å². The van der Waals surface area contributed by atoms with Crippen molar-refractivity contribution in [3.63, 3.8) is 0 Å². The molecule has 2 aromatic carbocycles. The number of nitrogens with one attached hydrogen (secondary N) is 1. The summed E-state index contributed by atoms with van der Waals surface area (Å²) in [6.45, 7) is 0. The zero-order chi connectivity index (χ0) is 20.3. The van der Waals surface area contributed by atoms with Crippen molar-refractivity contribution in [1.29, 1.82) is 0 Å². The number of carboxylic acid groups (broad SMARTS) is 1. The van der Waals surface area contributed by atoms with Gasteiger partial charge in [-0.3, -0.25) is 4.79 Å². The van der Waals surface area contributed by atoms with Crippen LogP contribution in [0.5, 0.6) is 0 Å². The van der Waals surface area contributed by atoms with E-state index in [0.29, 0.717) is 27.1 Å². The van der Waals surface area contributed by atoms with Gasteiger partial charge in [0, 0.05) is 11.6 Å². The summed E-state index contributed by atoms with van der Waals surface area (Å²) < 4.78 is 5.67. The third-order valence-electron chi connectivity index (χ3n) is 3.71. The van der Waals surface area contributed by atoms with E-state index < -0.39 is 11.9 Å². The molecule has 28 heavy (non-hydrogen) atoms. The predicted octanol–water partition coefficient (Wildman–Crippen LogP) is 6.26. The second-order valence-electron chi connectivity index (χ2n) is 5.63. The second-order valence-corrected chi connectivity index (χ2v) is 6.82. The van der Waals surface area contributed by atoms with Crippen LogP contribution in [0.1, 0.15) is 16.1 Å². The summed E-state index contributed by atoms with van der Waals surface area (Å²) in [5.74, 6) is -0.690. The van der Waals surface area contributed by atoms with Crippen molar-refractivity contribution in [1.82, 2.24) is 0 Å². The molecule has 142 valence electrons. The van der Waals surface area contributed by atoms with Gasteiger partial charge in [0.15, 0.2) is 0 Å². The van der Waals surface area contributed by atoms with Gasteiger partial charge >= 0.3 is 5.97 Å². The van der Waals surface area contributed by atoms with Crippen LogP contribution in [0.15, 0.2) is 59.0 Å². The number of carboxylic acids is 1. The first-order valence-electron chi connectivity index (χ1n) is 7.91. The van der Waals surface area contributed by atoms with Crippen LogP contribution in [0.4, 0.5) is 5.69 Å². The van der Waals surface area contributed by atoms with Crippen molar-refractivity contribution in [2.45, 2.75) is 0 Å². The fraction of sp³-hybridized carbons (Fsp3) is 0. The Morgan fingerprint density at radius 2 is 1.79 bits per heavy atom. The van der Waals surface area contributed by atoms with Crippen LogP contribution >= 0.6 is 34.8 Å². The molecule has 0 spiro atoms. The molecule has 0 aliphatic carbocycles. The Morgan fingerprint density at radius 1 is 1.00 bits per heavy atom. The Morgan fingerprint density at radius 3 is 2.54 bits per heavy atom. The first-order chi connectivity index (χ1) is 13.3. The molecule has 1 heterocycles. The second kappa shape index (κ2) is 8.52. The van der Waals surface area contributed by atoms with Crippen molar-refractivity contribution in [3.8, 4) is 11.3 Å². The Kier molecular flexibility index (Phi) is 6.09. The SMILES string of the molecule is O=C(/C=C/c1ccc(-c2cccc(Cl)c2Cl)o1)Nc1cc(C(=O)O)ccc1Cl. The lowest BCUT2D eigenvalue weighted by molar-refractivity contribution is -0.111. The van der Waals surface area contributed by atoms with Crippen LogP contribution in [0.3, 0.4) is 0 Å². The highest BCUT2D eigenvalue weighted by atomic mass is 35.5. The molecule has 5 nitrogen and oxygen atoms in total. The summed E-state index contributed by atoms with van der Waals surface area (Å²) in [6.07, 6.45) is 2.71. The molecule has 0 unspecified atom stereocenters. The molecule has 0 aliphatic rings. The number of anilines is 1. The van der Waals surface area contributed by atoms with Gasteiger partial charge in [0.25, 0.3) is 0 Å². The van der Waals surface area contributed by atoms with Crippen LogP contribution in [0.2, 0.25) is 15.1 Å². The van der Waals surface area contributed by atoms with E-state index in [4.69, 9.17) is 44.3 Å². The maximum atomic E-state index is 12.1. The lowest BCUT2D eigenvalue weighted by Crippen LogP contribution is -2.09. The van der Waals surface area contributed by atoms with Gasteiger partial charge in [-0.2, -0.15) is 0 Å². The fourth-order valence-corrected chi connectivity index (χ4v) is 2.93. The highest BCUT2D eigenvalue weighted by Gasteiger charge is 2.11. The predicted molar refractivity (Wildman–Crippen MR) is 110 cm³/mol. The molecule has 3 rings (SSSR count). The smallest absolute Gasteiger partial charge is 0.335 e. The number of benzene rings is 2. The largest absolute Gasteiger partial charge is 0.478 e. The molecule has 0 radical (unpaired) electrons. The average molecular weight is 437 g/mol. The van der Waals surface area contributed by atoms with Crippen LogP contribution in [-0.4, -0.2) is 17.0 Å². The minimum absolute atomic E-state index is 0.0118. The van der Waals surface area contributed by atoms with Crippen molar-refractivity contribution in [3.05, 3.63) is 81.0 Å². The third kappa shape index (κ3) is 4.57. The maximum absolute atomic E-state index is 12.1. The molecular formula is C20H12Cl3NO4. The van der Waals surface area contributed by atoms with Crippen molar-refractivity contribution in [2.24, 2.45) is 0 Å². The summed E-state index contributed by atoms with van der Waals surface area (Å²) in [5, 5.41) is 12.6. The molecule has 2 N–H and O–H groups in total. The normalized spacial score (nSPS) is 11.0. The number of rotatable bonds is 5. The number of carbonyl (C=O) groups excluding carboxylic acids is 1. The molecule has 0 aliphatic heterocycles. The minimum Gasteiger partial charge on any atom is -0.478 e. The van der Waals surface area contributed by atoms with Crippen LogP contribution in [0, 0.1) is 0 Å². The van der Waals surface area contributed by atoms with Crippen LogP contribution in [-0.2, 0) is 4.79 Å². The van der Waals surface area contributed by atoms with Crippen LogP contribution < -0.4 is 5.32 Å². The van der Waals surface area contributed by atoms with Gasteiger partial charge in [0.2, 0.25) is 5.91 Å². The number of amides is 1.